The first-order valence-electron chi connectivity index (χ1n) is 6.09. The van der Waals surface area contributed by atoms with E-state index in [1.165, 1.54) is 32.1 Å². The van der Waals surface area contributed by atoms with Crippen molar-refractivity contribution >= 4 is 0 Å². The molecule has 2 atom stereocenters. The van der Waals surface area contributed by atoms with E-state index in [-0.39, 0.29) is 0 Å². The molecule has 0 saturated carbocycles. The molecule has 2 aliphatic rings. The van der Waals surface area contributed by atoms with Crippen LogP contribution < -0.4 is 0 Å². The predicted octanol–water partition coefficient (Wildman–Crippen LogP) is 2.68. The lowest BCUT2D eigenvalue weighted by Crippen LogP contribution is -2.35. The van der Waals surface area contributed by atoms with Crippen LogP contribution in [0.1, 0.15) is 46.0 Å². The number of piperidine rings is 1. The Morgan fingerprint density at radius 3 is 1.79 bits per heavy atom. The predicted molar refractivity (Wildman–Crippen MR) is 60.6 cm³/mol. The van der Waals surface area contributed by atoms with Gasteiger partial charge >= 0.3 is 0 Å². The molecule has 0 aromatic heterocycles. The molecule has 0 amide bonds. The number of nitrogens with zero attached hydrogens (tertiary/aromatic N) is 1. The van der Waals surface area contributed by atoms with Gasteiger partial charge < -0.3 is 9.64 Å². The minimum atomic E-state index is 0.844. The van der Waals surface area contributed by atoms with Crippen molar-refractivity contribution in [3.63, 3.8) is 0 Å². The summed E-state index contributed by atoms with van der Waals surface area (Å²) in [5, 5.41) is 0. The average Bonchev–Trinajstić information content (AvgIpc) is 2.44. The summed E-state index contributed by atoms with van der Waals surface area (Å²) in [6.07, 6.45) is 7.36. The smallest absolute Gasteiger partial charge is 0.0437 e. The van der Waals surface area contributed by atoms with Gasteiger partial charge in [-0.05, 0) is 46.6 Å². The molecular formula is C12H25NO. The molecule has 2 heteroatoms. The first kappa shape index (κ1) is 12.0. The van der Waals surface area contributed by atoms with Crippen LogP contribution in [0.15, 0.2) is 0 Å². The zero-order valence-corrected chi connectivity index (χ0v) is 9.96. The lowest BCUT2D eigenvalue weighted by Gasteiger charge is -2.30. The van der Waals surface area contributed by atoms with Crippen LogP contribution >= 0.6 is 0 Å². The molecule has 0 unspecified atom stereocenters. The van der Waals surface area contributed by atoms with Crippen LogP contribution in [0.2, 0.25) is 0 Å². The zero-order valence-electron chi connectivity index (χ0n) is 9.96. The van der Waals surface area contributed by atoms with Gasteiger partial charge in [-0.25, -0.2) is 0 Å². The Kier molecular flexibility index (Phi) is 5.49. The minimum absolute atomic E-state index is 0.844. The fourth-order valence-electron chi connectivity index (χ4n) is 2.58. The van der Waals surface area contributed by atoms with Crippen molar-refractivity contribution in [2.24, 2.45) is 0 Å². The molecule has 0 aromatic carbocycles. The molecule has 2 fully saturated rings. The van der Waals surface area contributed by atoms with Crippen molar-refractivity contribution < 1.29 is 4.74 Å². The Balaban J connectivity index is 0.000000171. The third-order valence-electron chi connectivity index (χ3n) is 3.47. The molecule has 2 saturated heterocycles. The van der Waals surface area contributed by atoms with Crippen molar-refractivity contribution in [1.82, 2.24) is 4.90 Å². The molecule has 0 aromatic rings. The Hall–Kier alpha value is -0.0800. The summed E-state index contributed by atoms with van der Waals surface area (Å²) in [7, 11) is 2.29. The maximum Gasteiger partial charge on any atom is 0.0437 e. The number of rotatable bonds is 2. The van der Waals surface area contributed by atoms with E-state index in [0.29, 0.717) is 0 Å². The largest absolute Gasteiger partial charge is 0.382 e. The number of hydrogen-bond acceptors (Lipinski definition) is 2. The van der Waals surface area contributed by atoms with Gasteiger partial charge in [-0.15, -0.1) is 0 Å². The molecule has 2 aliphatic heterocycles. The van der Waals surface area contributed by atoms with E-state index in [2.05, 4.69) is 11.9 Å². The van der Waals surface area contributed by atoms with E-state index in [1.54, 1.807) is 0 Å². The standard InChI is InChI=1S/C8H15N.C4H10O/c1-9-7-3-2-4-8(9)6-5-7;1-3-5-4-2/h7-8H,2-6H2,1H3;3-4H2,1-2H3/t7-,8+;. The summed E-state index contributed by atoms with van der Waals surface area (Å²) in [6.45, 7) is 5.67. The first-order valence-corrected chi connectivity index (χ1v) is 6.09. The monoisotopic (exact) mass is 199 g/mol. The van der Waals surface area contributed by atoms with Gasteiger partial charge in [-0.3, -0.25) is 0 Å². The fourth-order valence-corrected chi connectivity index (χ4v) is 2.58. The second kappa shape index (κ2) is 6.41. The van der Waals surface area contributed by atoms with Gasteiger partial charge in [0.15, 0.2) is 0 Å². The van der Waals surface area contributed by atoms with Crippen LogP contribution in [0.3, 0.4) is 0 Å². The molecule has 0 aliphatic carbocycles. The highest BCUT2D eigenvalue weighted by Gasteiger charge is 2.33. The van der Waals surface area contributed by atoms with E-state index < -0.39 is 0 Å². The Morgan fingerprint density at radius 2 is 1.50 bits per heavy atom. The summed E-state index contributed by atoms with van der Waals surface area (Å²) in [4.78, 5) is 2.59. The van der Waals surface area contributed by atoms with Gasteiger partial charge in [0.25, 0.3) is 0 Å². The summed E-state index contributed by atoms with van der Waals surface area (Å²) < 4.78 is 4.83. The quantitative estimate of drug-likeness (QED) is 0.678. The van der Waals surface area contributed by atoms with Crippen LogP contribution in [0.25, 0.3) is 0 Å². The molecule has 2 heterocycles. The summed E-state index contributed by atoms with van der Waals surface area (Å²) in [6, 6.07) is 1.92. The van der Waals surface area contributed by atoms with Gasteiger partial charge in [0.05, 0.1) is 0 Å². The number of hydrogen-bond donors (Lipinski definition) is 0. The molecule has 2 nitrogen and oxygen atoms in total. The second-order valence-electron chi connectivity index (χ2n) is 4.26. The highest BCUT2D eigenvalue weighted by Crippen LogP contribution is 2.33. The zero-order chi connectivity index (χ0) is 10.4. The number of fused-ring (bicyclic) bond motifs is 2. The number of ether oxygens (including phenoxy) is 1. The molecular weight excluding hydrogens is 174 g/mol. The second-order valence-corrected chi connectivity index (χ2v) is 4.26. The van der Waals surface area contributed by atoms with E-state index in [4.69, 9.17) is 4.74 Å². The van der Waals surface area contributed by atoms with Gasteiger partial charge in [0, 0.05) is 25.3 Å². The van der Waals surface area contributed by atoms with Crippen LogP contribution in [0.4, 0.5) is 0 Å². The summed E-state index contributed by atoms with van der Waals surface area (Å²) >= 11 is 0. The Bertz CT molecular complexity index is 131. The molecule has 84 valence electrons. The lowest BCUT2D eigenvalue weighted by atomic mass is 10.0. The maximum atomic E-state index is 4.83. The van der Waals surface area contributed by atoms with Gasteiger partial charge in [-0.1, -0.05) is 6.42 Å². The van der Waals surface area contributed by atoms with E-state index in [1.807, 2.05) is 13.8 Å². The van der Waals surface area contributed by atoms with Crippen LogP contribution in [0, 0.1) is 0 Å². The average molecular weight is 199 g/mol. The van der Waals surface area contributed by atoms with E-state index in [9.17, 15) is 0 Å². The lowest BCUT2D eigenvalue weighted by molar-refractivity contribution is 0.162. The van der Waals surface area contributed by atoms with Crippen molar-refractivity contribution in [3.8, 4) is 0 Å². The minimum Gasteiger partial charge on any atom is -0.382 e. The van der Waals surface area contributed by atoms with E-state index in [0.717, 1.165) is 25.3 Å². The van der Waals surface area contributed by atoms with Crippen molar-refractivity contribution in [3.05, 3.63) is 0 Å². The molecule has 0 radical (unpaired) electrons. The van der Waals surface area contributed by atoms with Crippen LogP contribution in [-0.2, 0) is 4.74 Å². The SMILES string of the molecule is CCOCC.CN1[C@@H]2CCC[C@H]1CC2. The Labute approximate surface area is 88.6 Å². The van der Waals surface area contributed by atoms with Crippen LogP contribution in [-0.4, -0.2) is 37.2 Å². The molecule has 0 N–H and O–H groups in total. The topological polar surface area (TPSA) is 12.5 Å². The highest BCUT2D eigenvalue weighted by molar-refractivity contribution is 4.89. The third kappa shape index (κ3) is 3.25. The molecule has 2 rings (SSSR count). The highest BCUT2D eigenvalue weighted by atomic mass is 16.5. The normalized spacial score (nSPS) is 31.1. The van der Waals surface area contributed by atoms with Crippen molar-refractivity contribution in [2.75, 3.05) is 20.3 Å². The molecule has 0 spiro atoms. The van der Waals surface area contributed by atoms with Gasteiger partial charge in [0.2, 0.25) is 0 Å². The van der Waals surface area contributed by atoms with Crippen LogP contribution in [0.5, 0.6) is 0 Å². The van der Waals surface area contributed by atoms with Gasteiger partial charge in [0.1, 0.15) is 0 Å². The molecule has 14 heavy (non-hydrogen) atoms. The third-order valence-corrected chi connectivity index (χ3v) is 3.47. The molecule has 2 bridgehead atoms. The summed E-state index contributed by atoms with van der Waals surface area (Å²) in [5.41, 5.74) is 0. The summed E-state index contributed by atoms with van der Waals surface area (Å²) in [5.74, 6) is 0. The van der Waals surface area contributed by atoms with E-state index >= 15 is 0 Å². The fraction of sp³-hybridized carbons (Fsp3) is 1.00. The van der Waals surface area contributed by atoms with Gasteiger partial charge in [-0.2, -0.15) is 0 Å². The first-order chi connectivity index (χ1) is 6.79. The Morgan fingerprint density at radius 1 is 1.00 bits per heavy atom. The van der Waals surface area contributed by atoms with Crippen molar-refractivity contribution in [1.29, 1.82) is 0 Å². The maximum absolute atomic E-state index is 4.83. The van der Waals surface area contributed by atoms with Crippen molar-refractivity contribution in [2.45, 2.75) is 58.0 Å².